The molecule has 0 atom stereocenters. The van der Waals surface area contributed by atoms with Gasteiger partial charge in [0.15, 0.2) is 0 Å². The smallest absolute Gasteiger partial charge is 0.303 e. The van der Waals surface area contributed by atoms with Crippen LogP contribution in [0.5, 0.6) is 0 Å². The summed E-state index contributed by atoms with van der Waals surface area (Å²) in [5, 5.41) is 15.7. The van der Waals surface area contributed by atoms with Gasteiger partial charge in [0.1, 0.15) is 0 Å². The molecule has 0 radical (unpaired) electrons. The van der Waals surface area contributed by atoms with Gasteiger partial charge in [-0.05, 0) is 17.5 Å². The number of hydrogen-bond donors (Lipinski definition) is 3. The van der Waals surface area contributed by atoms with Gasteiger partial charge in [0.2, 0.25) is 5.96 Å². The Hall–Kier alpha value is -2.37. The Morgan fingerprint density at radius 1 is 1.29 bits per heavy atom. The number of aliphatic carboxylic acids is 1. The van der Waals surface area contributed by atoms with Gasteiger partial charge in [0.25, 0.3) is 0 Å². The molecule has 1 aromatic carbocycles. The van der Waals surface area contributed by atoms with E-state index >= 15 is 0 Å². The molecule has 0 aliphatic carbocycles. The van der Waals surface area contributed by atoms with Crippen molar-refractivity contribution in [1.82, 2.24) is 0 Å². The van der Waals surface area contributed by atoms with Crippen LogP contribution in [0.2, 0.25) is 0 Å². The lowest BCUT2D eigenvalue weighted by Crippen LogP contribution is -2.21. The van der Waals surface area contributed by atoms with Crippen molar-refractivity contribution in [2.24, 2.45) is 21.7 Å². The topological polar surface area (TPSA) is 114 Å². The minimum Gasteiger partial charge on any atom is -0.481 e. The Balaban J connectivity index is 2.58. The van der Waals surface area contributed by atoms with Crippen molar-refractivity contribution in [2.75, 3.05) is 0 Å². The zero-order valence-electron chi connectivity index (χ0n) is 9.21. The molecule has 0 unspecified atom stereocenters. The zero-order chi connectivity index (χ0) is 12.7. The minimum atomic E-state index is -0.802. The number of carboxylic acid groups (broad SMARTS) is 1. The molecule has 0 saturated heterocycles. The van der Waals surface area contributed by atoms with Gasteiger partial charge >= 0.3 is 5.97 Å². The Morgan fingerprint density at radius 2 is 1.94 bits per heavy atom. The zero-order valence-corrected chi connectivity index (χ0v) is 9.21. The van der Waals surface area contributed by atoms with Gasteiger partial charge in [0.05, 0.1) is 6.21 Å². The molecule has 1 aromatic rings. The fourth-order valence-electron chi connectivity index (χ4n) is 1.18. The number of aryl methyl sites for hydroxylation is 1. The van der Waals surface area contributed by atoms with Crippen LogP contribution in [0.4, 0.5) is 0 Å². The second-order valence-corrected chi connectivity index (χ2v) is 3.40. The summed E-state index contributed by atoms with van der Waals surface area (Å²) in [4.78, 5) is 10.4. The largest absolute Gasteiger partial charge is 0.481 e. The fourth-order valence-corrected chi connectivity index (χ4v) is 1.18. The molecule has 0 bridgehead atoms. The Kier molecular flexibility index (Phi) is 4.68. The average molecular weight is 234 g/mol. The number of rotatable bonds is 5. The SMILES string of the molecule is NC(N)=NN=Cc1ccc(CCC(=O)O)cc1. The van der Waals surface area contributed by atoms with E-state index in [1.54, 1.807) is 0 Å². The molecule has 0 heterocycles. The molecule has 0 saturated carbocycles. The average Bonchev–Trinajstić information content (AvgIpc) is 2.27. The van der Waals surface area contributed by atoms with Crippen LogP contribution in [0, 0.1) is 0 Å². The molecule has 6 nitrogen and oxygen atoms in total. The van der Waals surface area contributed by atoms with Crippen LogP contribution < -0.4 is 11.5 Å². The number of nitrogens with two attached hydrogens (primary N) is 2. The summed E-state index contributed by atoms with van der Waals surface area (Å²) >= 11 is 0. The van der Waals surface area contributed by atoms with Crippen LogP contribution in [0.15, 0.2) is 34.5 Å². The lowest BCUT2D eigenvalue weighted by Gasteiger charge is -1.98. The van der Waals surface area contributed by atoms with E-state index in [1.807, 2.05) is 24.3 Å². The Bertz CT molecular complexity index is 433. The summed E-state index contributed by atoms with van der Waals surface area (Å²) in [6.45, 7) is 0. The molecule has 6 heteroatoms. The summed E-state index contributed by atoms with van der Waals surface area (Å²) in [6, 6.07) is 7.34. The molecule has 0 amide bonds. The van der Waals surface area contributed by atoms with Gasteiger partial charge in [-0.25, -0.2) is 0 Å². The molecule has 90 valence electrons. The van der Waals surface area contributed by atoms with Crippen LogP contribution >= 0.6 is 0 Å². The number of hydrogen-bond acceptors (Lipinski definition) is 3. The third kappa shape index (κ3) is 5.31. The van der Waals surface area contributed by atoms with E-state index in [0.717, 1.165) is 11.1 Å². The van der Waals surface area contributed by atoms with E-state index in [0.29, 0.717) is 6.42 Å². The van der Waals surface area contributed by atoms with Gasteiger partial charge in [-0.3, -0.25) is 4.79 Å². The first-order chi connectivity index (χ1) is 8.08. The van der Waals surface area contributed by atoms with E-state index < -0.39 is 5.97 Å². The number of benzene rings is 1. The molecule has 0 aromatic heterocycles. The summed E-state index contributed by atoms with van der Waals surface area (Å²) in [5.41, 5.74) is 12.0. The van der Waals surface area contributed by atoms with Crippen LogP contribution in [0.3, 0.4) is 0 Å². The minimum absolute atomic E-state index is 0.0978. The Morgan fingerprint density at radius 3 is 2.47 bits per heavy atom. The molecular weight excluding hydrogens is 220 g/mol. The predicted octanol–water partition coefficient (Wildman–Crippen LogP) is 0.311. The van der Waals surface area contributed by atoms with Gasteiger partial charge in [-0.15, -0.1) is 5.10 Å². The van der Waals surface area contributed by atoms with E-state index in [2.05, 4.69) is 10.2 Å². The summed E-state index contributed by atoms with van der Waals surface area (Å²) in [7, 11) is 0. The van der Waals surface area contributed by atoms with Crippen LogP contribution in [0.25, 0.3) is 0 Å². The van der Waals surface area contributed by atoms with Gasteiger partial charge in [0, 0.05) is 6.42 Å². The number of guanidine groups is 1. The molecular formula is C11H14N4O2. The van der Waals surface area contributed by atoms with E-state index in [1.165, 1.54) is 6.21 Å². The number of carboxylic acids is 1. The van der Waals surface area contributed by atoms with Gasteiger partial charge in [-0.2, -0.15) is 5.10 Å². The summed E-state index contributed by atoms with van der Waals surface area (Å²) < 4.78 is 0. The molecule has 5 N–H and O–H groups in total. The normalized spacial score (nSPS) is 10.4. The van der Waals surface area contributed by atoms with E-state index in [9.17, 15) is 4.79 Å². The number of nitrogens with zero attached hydrogens (tertiary/aromatic N) is 2. The monoisotopic (exact) mass is 234 g/mol. The van der Waals surface area contributed by atoms with E-state index in [-0.39, 0.29) is 12.4 Å². The van der Waals surface area contributed by atoms with Crippen LogP contribution in [-0.2, 0) is 11.2 Å². The van der Waals surface area contributed by atoms with Crippen molar-refractivity contribution in [3.05, 3.63) is 35.4 Å². The molecule has 17 heavy (non-hydrogen) atoms. The maximum Gasteiger partial charge on any atom is 0.303 e. The lowest BCUT2D eigenvalue weighted by molar-refractivity contribution is -0.136. The fraction of sp³-hybridized carbons (Fsp3) is 0.182. The lowest BCUT2D eigenvalue weighted by atomic mass is 10.1. The summed E-state index contributed by atoms with van der Waals surface area (Å²) in [5.74, 6) is -0.900. The van der Waals surface area contributed by atoms with Gasteiger partial charge in [-0.1, -0.05) is 24.3 Å². The van der Waals surface area contributed by atoms with Crippen LogP contribution in [-0.4, -0.2) is 23.2 Å². The first kappa shape index (κ1) is 12.7. The third-order valence-electron chi connectivity index (χ3n) is 1.99. The van der Waals surface area contributed by atoms with Crippen molar-refractivity contribution < 1.29 is 9.90 Å². The Labute approximate surface area is 98.7 Å². The maximum absolute atomic E-state index is 10.4. The van der Waals surface area contributed by atoms with Crippen molar-refractivity contribution in [1.29, 1.82) is 0 Å². The van der Waals surface area contributed by atoms with E-state index in [4.69, 9.17) is 16.6 Å². The first-order valence-corrected chi connectivity index (χ1v) is 5.00. The highest BCUT2D eigenvalue weighted by Gasteiger charge is 1.98. The maximum atomic E-state index is 10.4. The van der Waals surface area contributed by atoms with Crippen molar-refractivity contribution >= 4 is 18.1 Å². The second kappa shape index (κ2) is 6.26. The molecule has 0 aliphatic rings. The van der Waals surface area contributed by atoms with Gasteiger partial charge < -0.3 is 16.6 Å². The summed E-state index contributed by atoms with van der Waals surface area (Å²) in [6.07, 6.45) is 2.16. The molecule has 1 rings (SSSR count). The molecule has 0 fully saturated rings. The third-order valence-corrected chi connectivity index (χ3v) is 1.99. The van der Waals surface area contributed by atoms with Crippen LogP contribution in [0.1, 0.15) is 17.5 Å². The highest BCUT2D eigenvalue weighted by atomic mass is 16.4. The molecule has 0 spiro atoms. The number of carbonyl (C=O) groups is 1. The standard InChI is InChI=1S/C11H14N4O2/c12-11(13)15-14-7-9-3-1-8(2-4-9)5-6-10(16)17/h1-4,7H,5-6H2,(H,16,17)(H4,12,13,15). The van der Waals surface area contributed by atoms with Crippen molar-refractivity contribution in [3.63, 3.8) is 0 Å². The highest BCUT2D eigenvalue weighted by Crippen LogP contribution is 2.05. The first-order valence-electron chi connectivity index (χ1n) is 5.00. The molecule has 0 aliphatic heterocycles. The van der Waals surface area contributed by atoms with Crippen molar-refractivity contribution in [2.45, 2.75) is 12.8 Å². The predicted molar refractivity (Wildman–Crippen MR) is 65.8 cm³/mol. The van der Waals surface area contributed by atoms with Crippen molar-refractivity contribution in [3.8, 4) is 0 Å². The highest BCUT2D eigenvalue weighted by molar-refractivity contribution is 5.81. The quantitative estimate of drug-likeness (QED) is 0.386. The second-order valence-electron chi connectivity index (χ2n) is 3.40.